The minimum absolute atomic E-state index is 0.250. The molecule has 1 aromatic heterocycles. The van der Waals surface area contributed by atoms with E-state index in [1.54, 1.807) is 0 Å². The van der Waals surface area contributed by atoms with Gasteiger partial charge >= 0.3 is 6.18 Å². The average Bonchev–Trinajstić information content (AvgIpc) is 2.40. The summed E-state index contributed by atoms with van der Waals surface area (Å²) in [5.41, 5.74) is -3.11. The Hall–Kier alpha value is -2.42. The predicted octanol–water partition coefficient (Wildman–Crippen LogP) is 4.04. The summed E-state index contributed by atoms with van der Waals surface area (Å²) in [6, 6.07) is 2.19. The number of nitrogens with zero attached hydrogens (tertiary/aromatic N) is 2. The number of hydrogen-bond donors (Lipinski definition) is 1. The van der Waals surface area contributed by atoms with Gasteiger partial charge in [-0.15, -0.1) is 0 Å². The van der Waals surface area contributed by atoms with Gasteiger partial charge in [-0.05, 0) is 12.1 Å². The van der Waals surface area contributed by atoms with Gasteiger partial charge in [0.2, 0.25) is 5.95 Å². The van der Waals surface area contributed by atoms with Crippen molar-refractivity contribution >= 4 is 29.4 Å². The van der Waals surface area contributed by atoms with Crippen LogP contribution in [0.1, 0.15) is 5.69 Å². The molecule has 1 N–H and O–H groups in total. The molecule has 0 saturated carbocycles. The predicted molar refractivity (Wildman–Crippen MR) is 74.5 cm³/mol. The summed E-state index contributed by atoms with van der Waals surface area (Å²) in [6.45, 7) is 3.26. The summed E-state index contributed by atoms with van der Waals surface area (Å²) < 4.78 is 65.4. The van der Waals surface area contributed by atoms with Crippen LogP contribution in [-0.2, 0) is 6.18 Å². The van der Waals surface area contributed by atoms with E-state index < -0.39 is 40.0 Å². The zero-order chi connectivity index (χ0) is 17.4. The van der Waals surface area contributed by atoms with Crippen LogP contribution < -0.4 is 10.9 Å². The maximum absolute atomic E-state index is 13.1. The van der Waals surface area contributed by atoms with Crippen LogP contribution >= 0.6 is 11.6 Å². The molecule has 1 heterocycles. The van der Waals surface area contributed by atoms with E-state index in [0.29, 0.717) is 10.6 Å². The lowest BCUT2D eigenvalue weighted by Crippen LogP contribution is -2.25. The molecular weight excluding hydrogens is 345 g/mol. The highest BCUT2D eigenvalue weighted by atomic mass is 35.5. The molecule has 0 atom stereocenters. The first-order valence-electron chi connectivity index (χ1n) is 5.88. The lowest BCUT2D eigenvalue weighted by atomic mass is 10.3. The van der Waals surface area contributed by atoms with E-state index in [2.05, 4.69) is 16.9 Å². The third kappa shape index (κ3) is 3.50. The summed E-state index contributed by atoms with van der Waals surface area (Å²) in [4.78, 5) is 15.1. The monoisotopic (exact) mass is 351 g/mol. The molecule has 0 aliphatic carbocycles. The standard InChI is InChI=1S/C13H7ClF5N3O/c1-2-22-11(23)9(14)10(13(17,18)19)21-12(22)20-8-4-6(15)3-7(16)5-8/h2-5H,1H2,(H,20,21). The Labute approximate surface area is 130 Å². The van der Waals surface area contributed by atoms with Crippen LogP contribution in [-0.4, -0.2) is 9.55 Å². The van der Waals surface area contributed by atoms with Crippen molar-refractivity contribution in [2.75, 3.05) is 5.32 Å². The zero-order valence-corrected chi connectivity index (χ0v) is 11.8. The number of nitrogens with one attached hydrogen (secondary N) is 1. The van der Waals surface area contributed by atoms with Crippen molar-refractivity contribution < 1.29 is 22.0 Å². The minimum atomic E-state index is -4.99. The Balaban J connectivity index is 2.63. The molecule has 2 rings (SSSR count). The molecule has 0 bridgehead atoms. The highest BCUT2D eigenvalue weighted by Gasteiger charge is 2.37. The number of aromatic nitrogens is 2. The van der Waals surface area contributed by atoms with Gasteiger partial charge in [0.25, 0.3) is 5.56 Å². The van der Waals surface area contributed by atoms with E-state index >= 15 is 0 Å². The molecule has 0 fully saturated rings. The normalized spacial score (nSPS) is 11.4. The van der Waals surface area contributed by atoms with Gasteiger partial charge < -0.3 is 5.32 Å². The van der Waals surface area contributed by atoms with Crippen LogP contribution in [0, 0.1) is 11.6 Å². The maximum Gasteiger partial charge on any atom is 0.435 e. The second-order valence-electron chi connectivity index (χ2n) is 4.24. The lowest BCUT2D eigenvalue weighted by Gasteiger charge is -2.14. The molecule has 0 aliphatic heterocycles. The van der Waals surface area contributed by atoms with E-state index in [1.165, 1.54) is 0 Å². The molecule has 0 unspecified atom stereocenters. The fraction of sp³-hybridized carbons (Fsp3) is 0.0769. The van der Waals surface area contributed by atoms with Crippen molar-refractivity contribution in [2.24, 2.45) is 0 Å². The number of benzene rings is 1. The van der Waals surface area contributed by atoms with Crippen molar-refractivity contribution in [3.05, 3.63) is 57.5 Å². The third-order valence-corrected chi connectivity index (χ3v) is 2.97. The number of hydrogen-bond acceptors (Lipinski definition) is 3. The largest absolute Gasteiger partial charge is 0.435 e. The summed E-state index contributed by atoms with van der Waals surface area (Å²) in [5.74, 6) is -2.58. The molecule has 0 spiro atoms. The maximum atomic E-state index is 13.1. The van der Waals surface area contributed by atoms with E-state index in [1.807, 2.05) is 0 Å². The van der Waals surface area contributed by atoms with Crippen LogP contribution in [0.3, 0.4) is 0 Å². The highest BCUT2D eigenvalue weighted by molar-refractivity contribution is 6.31. The van der Waals surface area contributed by atoms with Gasteiger partial charge in [0, 0.05) is 18.0 Å². The number of halogens is 6. The molecule has 0 saturated heterocycles. The fourth-order valence-electron chi connectivity index (χ4n) is 1.71. The average molecular weight is 352 g/mol. The van der Waals surface area contributed by atoms with Crippen molar-refractivity contribution in [1.29, 1.82) is 0 Å². The Kier molecular flexibility index (Phi) is 4.42. The van der Waals surface area contributed by atoms with Crippen molar-refractivity contribution in [1.82, 2.24) is 9.55 Å². The summed E-state index contributed by atoms with van der Waals surface area (Å²) in [5, 5.41) is 1.08. The topological polar surface area (TPSA) is 46.9 Å². The summed E-state index contributed by atoms with van der Waals surface area (Å²) in [6.07, 6.45) is -4.13. The first-order valence-corrected chi connectivity index (χ1v) is 6.26. The summed E-state index contributed by atoms with van der Waals surface area (Å²) >= 11 is 5.38. The van der Waals surface area contributed by atoms with Gasteiger partial charge in [-0.1, -0.05) is 18.2 Å². The first-order chi connectivity index (χ1) is 10.6. The molecule has 4 nitrogen and oxygen atoms in total. The quantitative estimate of drug-likeness (QED) is 0.849. The fourth-order valence-corrected chi connectivity index (χ4v) is 1.95. The minimum Gasteiger partial charge on any atom is -0.325 e. The third-order valence-electron chi connectivity index (χ3n) is 2.63. The number of anilines is 2. The van der Waals surface area contributed by atoms with Crippen LogP contribution in [0.2, 0.25) is 5.02 Å². The van der Waals surface area contributed by atoms with Gasteiger partial charge in [0.1, 0.15) is 16.7 Å². The number of alkyl halides is 3. The molecule has 0 amide bonds. The Bertz CT molecular complexity index is 811. The van der Waals surface area contributed by atoms with Crippen LogP contribution in [0.5, 0.6) is 0 Å². The zero-order valence-electron chi connectivity index (χ0n) is 11.1. The van der Waals surface area contributed by atoms with Crippen molar-refractivity contribution in [2.45, 2.75) is 6.18 Å². The second kappa shape index (κ2) is 5.99. The Morgan fingerprint density at radius 1 is 1.22 bits per heavy atom. The smallest absolute Gasteiger partial charge is 0.325 e. The first kappa shape index (κ1) is 16.9. The van der Waals surface area contributed by atoms with E-state index in [9.17, 15) is 26.7 Å². The van der Waals surface area contributed by atoms with Gasteiger partial charge in [-0.2, -0.15) is 13.2 Å². The van der Waals surface area contributed by atoms with Gasteiger partial charge in [-0.3, -0.25) is 9.36 Å². The molecule has 23 heavy (non-hydrogen) atoms. The van der Waals surface area contributed by atoms with E-state index in [0.717, 1.165) is 18.3 Å². The van der Waals surface area contributed by atoms with Crippen LogP contribution in [0.25, 0.3) is 6.20 Å². The van der Waals surface area contributed by atoms with Gasteiger partial charge in [0.05, 0.1) is 0 Å². The van der Waals surface area contributed by atoms with Gasteiger partial charge in [0.15, 0.2) is 5.69 Å². The molecule has 10 heteroatoms. The van der Waals surface area contributed by atoms with Crippen LogP contribution in [0.15, 0.2) is 29.6 Å². The summed E-state index contributed by atoms with van der Waals surface area (Å²) in [7, 11) is 0. The molecule has 1 aromatic carbocycles. The van der Waals surface area contributed by atoms with E-state index in [4.69, 9.17) is 11.6 Å². The van der Waals surface area contributed by atoms with E-state index in [-0.39, 0.29) is 5.69 Å². The Morgan fingerprint density at radius 3 is 2.26 bits per heavy atom. The molecule has 122 valence electrons. The molecule has 2 aromatic rings. The molecular formula is C13H7ClF5N3O. The van der Waals surface area contributed by atoms with Crippen molar-refractivity contribution in [3.8, 4) is 0 Å². The lowest BCUT2D eigenvalue weighted by molar-refractivity contribution is -0.141. The Morgan fingerprint density at radius 2 is 1.78 bits per heavy atom. The second-order valence-corrected chi connectivity index (χ2v) is 4.61. The molecule has 0 radical (unpaired) electrons. The highest BCUT2D eigenvalue weighted by Crippen LogP contribution is 2.32. The molecule has 0 aliphatic rings. The SMILES string of the molecule is C=Cn1c(Nc2cc(F)cc(F)c2)nc(C(F)(F)F)c(Cl)c1=O. The van der Waals surface area contributed by atoms with Crippen molar-refractivity contribution in [3.63, 3.8) is 0 Å². The van der Waals surface area contributed by atoms with Crippen LogP contribution in [0.4, 0.5) is 33.6 Å². The van der Waals surface area contributed by atoms with Gasteiger partial charge in [-0.25, -0.2) is 13.8 Å². The number of rotatable bonds is 3.